The maximum absolute atomic E-state index is 11.6. The van der Waals surface area contributed by atoms with Gasteiger partial charge >= 0.3 is 12.0 Å². The van der Waals surface area contributed by atoms with Gasteiger partial charge in [-0.3, -0.25) is 4.79 Å². The zero-order valence-corrected chi connectivity index (χ0v) is 10.5. The zero-order valence-electron chi connectivity index (χ0n) is 10.5. The van der Waals surface area contributed by atoms with Crippen molar-refractivity contribution >= 4 is 12.0 Å². The number of nitrogens with zero attached hydrogens (tertiary/aromatic N) is 2. The van der Waals surface area contributed by atoms with E-state index in [0.717, 1.165) is 13.0 Å². The number of likely N-dealkylation sites (N-methyl/N-ethyl adjacent to an activating group) is 2. The second kappa shape index (κ2) is 6.44. The summed E-state index contributed by atoms with van der Waals surface area (Å²) in [5.41, 5.74) is 0. The van der Waals surface area contributed by atoms with Crippen LogP contribution < -0.4 is 5.32 Å². The molecule has 0 bridgehead atoms. The Morgan fingerprint density at radius 3 is 2.76 bits per heavy atom. The van der Waals surface area contributed by atoms with Crippen LogP contribution in [0.4, 0.5) is 4.79 Å². The Labute approximate surface area is 102 Å². The van der Waals surface area contributed by atoms with Crippen LogP contribution in [0, 0.1) is 0 Å². The van der Waals surface area contributed by atoms with E-state index in [2.05, 4.69) is 17.3 Å². The van der Waals surface area contributed by atoms with Crippen molar-refractivity contribution in [2.24, 2.45) is 0 Å². The molecule has 1 heterocycles. The van der Waals surface area contributed by atoms with Crippen LogP contribution in [0.25, 0.3) is 0 Å². The number of aliphatic carboxylic acids is 1. The van der Waals surface area contributed by atoms with Crippen LogP contribution in [0.1, 0.15) is 19.3 Å². The molecule has 0 saturated carbocycles. The standard InChI is InChI=1S/C11H21N3O3/c1-13-7-3-4-9(13)8-14(2)11(17)12-6-5-10(15)16/h9H,3-8H2,1-2H3,(H,12,17)(H,15,16). The predicted octanol–water partition coefficient (Wildman–Crippen LogP) is 0.197. The van der Waals surface area contributed by atoms with E-state index in [-0.39, 0.29) is 19.0 Å². The van der Waals surface area contributed by atoms with E-state index in [1.165, 1.54) is 6.42 Å². The highest BCUT2D eigenvalue weighted by atomic mass is 16.4. The number of rotatable bonds is 5. The van der Waals surface area contributed by atoms with Gasteiger partial charge in [-0.2, -0.15) is 0 Å². The number of carboxylic acids is 1. The minimum absolute atomic E-state index is 0.0388. The van der Waals surface area contributed by atoms with Crippen molar-refractivity contribution in [1.82, 2.24) is 15.1 Å². The first-order chi connectivity index (χ1) is 8.00. The molecule has 1 unspecified atom stereocenters. The van der Waals surface area contributed by atoms with Gasteiger partial charge in [0, 0.05) is 26.2 Å². The van der Waals surface area contributed by atoms with Gasteiger partial charge in [-0.15, -0.1) is 0 Å². The van der Waals surface area contributed by atoms with Gasteiger partial charge in [0.2, 0.25) is 0 Å². The average Bonchev–Trinajstić information content (AvgIpc) is 2.63. The molecule has 1 fully saturated rings. The number of likely N-dealkylation sites (tertiary alicyclic amines) is 1. The number of carboxylic acid groups (broad SMARTS) is 1. The quantitative estimate of drug-likeness (QED) is 0.723. The van der Waals surface area contributed by atoms with Crippen LogP contribution in [0.2, 0.25) is 0 Å². The van der Waals surface area contributed by atoms with Gasteiger partial charge in [0.25, 0.3) is 0 Å². The van der Waals surface area contributed by atoms with Crippen LogP contribution in [0.3, 0.4) is 0 Å². The van der Waals surface area contributed by atoms with Crippen molar-refractivity contribution in [3.05, 3.63) is 0 Å². The number of nitrogens with one attached hydrogen (secondary N) is 1. The van der Waals surface area contributed by atoms with Crippen LogP contribution >= 0.6 is 0 Å². The fourth-order valence-corrected chi connectivity index (χ4v) is 2.02. The number of hydrogen-bond donors (Lipinski definition) is 2. The molecule has 2 N–H and O–H groups in total. The third-order valence-electron chi connectivity index (χ3n) is 3.12. The SMILES string of the molecule is CN(CC1CCCN1C)C(=O)NCCC(=O)O. The number of carbonyl (C=O) groups is 2. The molecule has 1 aliphatic heterocycles. The van der Waals surface area contributed by atoms with Gasteiger partial charge in [-0.1, -0.05) is 0 Å². The summed E-state index contributed by atoms with van der Waals surface area (Å²) in [5, 5.41) is 11.0. The molecule has 0 aliphatic carbocycles. The number of amides is 2. The minimum atomic E-state index is -0.900. The van der Waals surface area contributed by atoms with Gasteiger partial charge < -0.3 is 20.2 Å². The molecule has 0 radical (unpaired) electrons. The Morgan fingerprint density at radius 1 is 1.53 bits per heavy atom. The van der Waals surface area contributed by atoms with Gasteiger partial charge in [0.1, 0.15) is 0 Å². The van der Waals surface area contributed by atoms with Crippen molar-refractivity contribution < 1.29 is 14.7 Å². The molecule has 0 aromatic rings. The fraction of sp³-hybridized carbons (Fsp3) is 0.818. The first kappa shape index (κ1) is 13.8. The smallest absolute Gasteiger partial charge is 0.317 e. The lowest BCUT2D eigenvalue weighted by Gasteiger charge is -2.25. The van der Waals surface area contributed by atoms with E-state index in [1.54, 1.807) is 11.9 Å². The van der Waals surface area contributed by atoms with E-state index in [1.807, 2.05) is 0 Å². The molecule has 6 heteroatoms. The van der Waals surface area contributed by atoms with Crippen LogP contribution in [-0.4, -0.2) is 66.7 Å². The third kappa shape index (κ3) is 4.60. The minimum Gasteiger partial charge on any atom is -0.481 e. The summed E-state index contributed by atoms with van der Waals surface area (Å²) in [4.78, 5) is 25.8. The predicted molar refractivity (Wildman–Crippen MR) is 63.9 cm³/mol. The number of carbonyl (C=O) groups excluding carboxylic acids is 1. The molecule has 1 saturated heterocycles. The molecule has 0 aromatic heterocycles. The van der Waals surface area contributed by atoms with E-state index in [4.69, 9.17) is 5.11 Å². The van der Waals surface area contributed by atoms with Gasteiger partial charge in [-0.05, 0) is 26.4 Å². The molecule has 98 valence electrons. The van der Waals surface area contributed by atoms with E-state index in [0.29, 0.717) is 12.6 Å². The maximum atomic E-state index is 11.6. The molecule has 1 rings (SSSR count). The third-order valence-corrected chi connectivity index (χ3v) is 3.12. The van der Waals surface area contributed by atoms with Crippen LogP contribution in [-0.2, 0) is 4.79 Å². The highest BCUT2D eigenvalue weighted by Gasteiger charge is 2.23. The molecule has 2 amide bonds. The Morgan fingerprint density at radius 2 is 2.24 bits per heavy atom. The molecular weight excluding hydrogens is 222 g/mol. The monoisotopic (exact) mass is 243 g/mol. The van der Waals surface area contributed by atoms with Crippen molar-refractivity contribution in [3.63, 3.8) is 0 Å². The Hall–Kier alpha value is -1.30. The molecule has 1 aliphatic rings. The second-order valence-electron chi connectivity index (χ2n) is 4.53. The van der Waals surface area contributed by atoms with E-state index in [9.17, 15) is 9.59 Å². The van der Waals surface area contributed by atoms with Gasteiger partial charge in [0.05, 0.1) is 6.42 Å². The van der Waals surface area contributed by atoms with Crippen molar-refractivity contribution in [2.75, 3.05) is 33.7 Å². The molecular formula is C11H21N3O3. The van der Waals surface area contributed by atoms with Crippen molar-refractivity contribution in [1.29, 1.82) is 0 Å². The summed E-state index contributed by atoms with van der Waals surface area (Å²) in [7, 11) is 3.80. The average molecular weight is 243 g/mol. The summed E-state index contributed by atoms with van der Waals surface area (Å²) in [6.45, 7) is 1.95. The van der Waals surface area contributed by atoms with Crippen LogP contribution in [0.5, 0.6) is 0 Å². The lowest BCUT2D eigenvalue weighted by atomic mass is 10.2. The maximum Gasteiger partial charge on any atom is 0.317 e. The molecule has 0 spiro atoms. The lowest BCUT2D eigenvalue weighted by Crippen LogP contribution is -2.44. The molecule has 1 atom stereocenters. The first-order valence-corrected chi connectivity index (χ1v) is 5.91. The first-order valence-electron chi connectivity index (χ1n) is 5.91. The normalized spacial score (nSPS) is 20.2. The Balaban J connectivity index is 2.24. The van der Waals surface area contributed by atoms with Gasteiger partial charge in [0.15, 0.2) is 0 Å². The molecule has 6 nitrogen and oxygen atoms in total. The van der Waals surface area contributed by atoms with Crippen molar-refractivity contribution in [3.8, 4) is 0 Å². The van der Waals surface area contributed by atoms with E-state index >= 15 is 0 Å². The summed E-state index contributed by atoms with van der Waals surface area (Å²) >= 11 is 0. The number of hydrogen-bond acceptors (Lipinski definition) is 3. The fourth-order valence-electron chi connectivity index (χ4n) is 2.02. The largest absolute Gasteiger partial charge is 0.481 e. The highest BCUT2D eigenvalue weighted by Crippen LogP contribution is 2.15. The zero-order chi connectivity index (χ0) is 12.8. The summed E-state index contributed by atoms with van der Waals surface area (Å²) in [6, 6.07) is 0.219. The summed E-state index contributed by atoms with van der Waals surface area (Å²) in [5.74, 6) is -0.900. The molecule has 0 aromatic carbocycles. The highest BCUT2D eigenvalue weighted by molar-refractivity contribution is 5.75. The Kier molecular flexibility index (Phi) is 5.21. The van der Waals surface area contributed by atoms with Gasteiger partial charge in [-0.25, -0.2) is 4.79 Å². The van der Waals surface area contributed by atoms with Crippen LogP contribution in [0.15, 0.2) is 0 Å². The Bertz CT molecular complexity index is 283. The number of urea groups is 1. The second-order valence-corrected chi connectivity index (χ2v) is 4.53. The summed E-state index contributed by atoms with van der Waals surface area (Å²) < 4.78 is 0. The lowest BCUT2D eigenvalue weighted by molar-refractivity contribution is -0.136. The van der Waals surface area contributed by atoms with Crippen molar-refractivity contribution in [2.45, 2.75) is 25.3 Å². The van der Waals surface area contributed by atoms with E-state index < -0.39 is 5.97 Å². The topological polar surface area (TPSA) is 72.9 Å². The summed E-state index contributed by atoms with van der Waals surface area (Å²) in [6.07, 6.45) is 2.25. The molecule has 17 heavy (non-hydrogen) atoms.